The van der Waals surface area contributed by atoms with E-state index >= 15 is 0 Å². The van der Waals surface area contributed by atoms with Crippen molar-refractivity contribution in [1.29, 1.82) is 0 Å². The van der Waals surface area contributed by atoms with Gasteiger partial charge in [0.25, 0.3) is 10.1 Å². The largest absolute Gasteiger partial charge is 0.449 e. The molecule has 0 aromatic rings. The molecule has 2 bridgehead atoms. The van der Waals surface area contributed by atoms with E-state index in [1.165, 1.54) is 0 Å². The topological polar surface area (TPSA) is 116 Å². The third kappa shape index (κ3) is 3.95. The monoisotopic (exact) mass is 523 g/mol. The number of carbonyl (C=O) groups is 3. The van der Waals surface area contributed by atoms with Gasteiger partial charge in [0, 0.05) is 30.3 Å². The van der Waals surface area contributed by atoms with Gasteiger partial charge in [-0.05, 0) is 55.4 Å². The Morgan fingerprint density at radius 1 is 1.14 bits per heavy atom. The van der Waals surface area contributed by atoms with Crippen molar-refractivity contribution in [2.45, 2.75) is 51.9 Å². The van der Waals surface area contributed by atoms with E-state index in [-0.39, 0.29) is 49.0 Å². The summed E-state index contributed by atoms with van der Waals surface area (Å²) in [6.07, 6.45) is 4.87. The minimum atomic E-state index is -3.74. The lowest BCUT2D eigenvalue weighted by molar-refractivity contribution is -0.198. The summed E-state index contributed by atoms with van der Waals surface area (Å²) in [6.45, 7) is 8.03. The van der Waals surface area contributed by atoms with E-state index in [0.29, 0.717) is 51.1 Å². The molecule has 2 unspecified atom stereocenters. The number of ether oxygens (including phenoxy) is 2. The molecule has 1 heterocycles. The zero-order chi connectivity index (χ0) is 25.9. The molecule has 6 rings (SSSR count). The van der Waals surface area contributed by atoms with Gasteiger partial charge in [0.2, 0.25) is 0 Å². The summed E-state index contributed by atoms with van der Waals surface area (Å²) in [5, 5.41) is 0. The smallest absolute Gasteiger partial charge is 0.409 e. The van der Waals surface area contributed by atoms with Gasteiger partial charge >= 0.3 is 6.09 Å². The van der Waals surface area contributed by atoms with Crippen LogP contribution in [0.2, 0.25) is 0 Å². The van der Waals surface area contributed by atoms with Crippen molar-refractivity contribution in [3.05, 3.63) is 12.2 Å². The van der Waals surface area contributed by atoms with Gasteiger partial charge in [0.05, 0.1) is 38.1 Å². The summed E-state index contributed by atoms with van der Waals surface area (Å²) in [4.78, 5) is 41.8. The summed E-state index contributed by atoms with van der Waals surface area (Å²) in [5.74, 6) is -0.767. The molecule has 0 N–H and O–H groups in total. The number of hydrogen-bond donors (Lipinski definition) is 0. The first kappa shape index (κ1) is 25.9. The fraction of sp³-hybridized carbons (Fsp3) is 0.808. The normalized spacial score (nSPS) is 40.6. The number of rotatable bonds is 5. The van der Waals surface area contributed by atoms with Gasteiger partial charge in [0.1, 0.15) is 5.78 Å². The van der Waals surface area contributed by atoms with Crippen LogP contribution in [0, 0.1) is 34.0 Å². The van der Waals surface area contributed by atoms with Crippen LogP contribution in [-0.2, 0) is 33.4 Å². The molecule has 6 aliphatic rings. The van der Waals surface area contributed by atoms with Crippen molar-refractivity contribution < 1.29 is 36.5 Å². The molecule has 9 nitrogen and oxygen atoms in total. The van der Waals surface area contributed by atoms with Gasteiger partial charge in [-0.25, -0.2) is 4.79 Å². The van der Waals surface area contributed by atoms with E-state index in [1.54, 1.807) is 4.90 Å². The van der Waals surface area contributed by atoms with Crippen LogP contribution in [0.3, 0.4) is 0 Å². The molecule has 200 valence electrons. The van der Waals surface area contributed by atoms with Gasteiger partial charge in [-0.1, -0.05) is 19.9 Å². The lowest BCUT2D eigenvalue weighted by Crippen LogP contribution is -2.69. The number of nitrogens with zero attached hydrogens (tertiary/aromatic N) is 1. The van der Waals surface area contributed by atoms with Crippen LogP contribution >= 0.6 is 0 Å². The van der Waals surface area contributed by atoms with E-state index in [0.717, 1.165) is 25.5 Å². The highest BCUT2D eigenvalue weighted by molar-refractivity contribution is 7.85. The predicted molar refractivity (Wildman–Crippen MR) is 129 cm³/mol. The molecule has 1 aliphatic heterocycles. The fourth-order valence-electron chi connectivity index (χ4n) is 8.25. The highest BCUT2D eigenvalue weighted by Gasteiger charge is 2.71. The lowest BCUT2D eigenvalue weighted by atomic mass is 9.36. The van der Waals surface area contributed by atoms with Crippen LogP contribution in [-0.4, -0.2) is 76.8 Å². The highest BCUT2D eigenvalue weighted by Crippen LogP contribution is 2.70. The second-order valence-electron chi connectivity index (χ2n) is 11.9. The Labute approximate surface area is 213 Å². The van der Waals surface area contributed by atoms with Crippen LogP contribution in [0.5, 0.6) is 0 Å². The quantitative estimate of drug-likeness (QED) is 0.307. The average molecular weight is 524 g/mol. The van der Waals surface area contributed by atoms with Crippen molar-refractivity contribution in [2.75, 3.05) is 45.8 Å². The standard InChI is InChI=1S/C26H37NO8S/c1-17-18-5-8-26(22(17)29)20(13-18)25(16-35-36(3,31)32)7-4-6-24(2,19(25)14-21(26)28)15-34-23(30)27-9-11-33-12-10-27/h18-20H,1,4-16H2,2-3H3/t18-,19?,20?,24-,25-,26+/m0/s1. The van der Waals surface area contributed by atoms with E-state index in [1.807, 2.05) is 6.92 Å². The molecule has 0 aromatic carbocycles. The van der Waals surface area contributed by atoms with E-state index in [2.05, 4.69) is 6.58 Å². The summed E-state index contributed by atoms with van der Waals surface area (Å²) in [5.41, 5.74) is -1.81. The van der Waals surface area contributed by atoms with Crippen LogP contribution in [0.1, 0.15) is 51.9 Å². The molecule has 6 fully saturated rings. The Bertz CT molecular complexity index is 1080. The summed E-state index contributed by atoms with van der Waals surface area (Å²) in [7, 11) is -3.74. The first-order valence-corrected chi connectivity index (χ1v) is 14.9. The first-order valence-electron chi connectivity index (χ1n) is 13.0. The number of morpholine rings is 1. The molecule has 1 spiro atoms. The Balaban J connectivity index is 1.49. The van der Waals surface area contributed by atoms with Crippen LogP contribution in [0.25, 0.3) is 0 Å². The fourth-order valence-corrected chi connectivity index (χ4v) is 8.68. The Hall–Kier alpha value is -1.78. The van der Waals surface area contributed by atoms with Crippen molar-refractivity contribution in [3.63, 3.8) is 0 Å². The van der Waals surface area contributed by atoms with Crippen molar-refractivity contribution in [3.8, 4) is 0 Å². The Morgan fingerprint density at radius 3 is 2.56 bits per heavy atom. The molecule has 36 heavy (non-hydrogen) atoms. The Kier molecular flexibility index (Phi) is 6.40. The number of carbonyl (C=O) groups excluding carboxylic acids is 3. The molecule has 0 aromatic heterocycles. The zero-order valence-electron chi connectivity index (χ0n) is 21.3. The van der Waals surface area contributed by atoms with Gasteiger partial charge in [-0.2, -0.15) is 8.42 Å². The van der Waals surface area contributed by atoms with Crippen molar-refractivity contribution >= 4 is 27.8 Å². The Morgan fingerprint density at radius 2 is 1.86 bits per heavy atom. The van der Waals surface area contributed by atoms with Gasteiger partial charge < -0.3 is 14.4 Å². The number of hydrogen-bond acceptors (Lipinski definition) is 8. The minimum Gasteiger partial charge on any atom is -0.449 e. The van der Waals surface area contributed by atoms with Crippen LogP contribution in [0.4, 0.5) is 4.79 Å². The summed E-state index contributed by atoms with van der Waals surface area (Å²) >= 11 is 0. The predicted octanol–water partition coefficient (Wildman–Crippen LogP) is 2.74. The maximum absolute atomic E-state index is 13.9. The van der Waals surface area contributed by atoms with Crippen molar-refractivity contribution in [1.82, 2.24) is 4.90 Å². The maximum Gasteiger partial charge on any atom is 0.409 e. The van der Waals surface area contributed by atoms with Crippen LogP contribution in [0.15, 0.2) is 12.2 Å². The second-order valence-corrected chi connectivity index (χ2v) is 13.5. The number of amides is 1. The highest BCUT2D eigenvalue weighted by atomic mass is 32.2. The second kappa shape index (κ2) is 8.91. The number of Topliss-reactive ketones (excluding diaryl/α,β-unsaturated/α-hetero) is 2. The minimum absolute atomic E-state index is 0.0124. The van der Waals surface area contributed by atoms with Crippen LogP contribution < -0.4 is 0 Å². The van der Waals surface area contributed by atoms with Gasteiger partial charge in [0.15, 0.2) is 5.78 Å². The average Bonchev–Trinajstić information content (AvgIpc) is 2.85. The van der Waals surface area contributed by atoms with Gasteiger partial charge in [-0.15, -0.1) is 0 Å². The molecular formula is C26H37NO8S. The molecular weight excluding hydrogens is 486 g/mol. The molecule has 5 saturated carbocycles. The SMILES string of the molecule is C=C1C(=O)[C@]23CC[C@H]1CC2[C@]1(COS(C)(=O)=O)CCC[C@@](C)(COC(=O)N2CCOCC2)C1CC3=O. The first-order chi connectivity index (χ1) is 16.9. The molecule has 1 amide bonds. The van der Waals surface area contributed by atoms with Crippen molar-refractivity contribution in [2.24, 2.45) is 34.0 Å². The molecule has 1 saturated heterocycles. The van der Waals surface area contributed by atoms with Gasteiger partial charge in [-0.3, -0.25) is 13.8 Å². The summed E-state index contributed by atoms with van der Waals surface area (Å²) < 4.78 is 40.9. The molecule has 6 atom stereocenters. The van der Waals surface area contributed by atoms with E-state index in [9.17, 15) is 22.8 Å². The zero-order valence-corrected chi connectivity index (χ0v) is 22.1. The lowest BCUT2D eigenvalue weighted by Gasteiger charge is -2.66. The molecule has 10 heteroatoms. The maximum atomic E-state index is 13.9. The number of fused-ring (bicyclic) bond motifs is 3. The van der Waals surface area contributed by atoms with E-state index < -0.39 is 32.5 Å². The summed E-state index contributed by atoms with van der Waals surface area (Å²) in [6, 6.07) is 0. The number of allylic oxidation sites excluding steroid dienone is 1. The third-order valence-corrected chi connectivity index (χ3v) is 10.6. The third-order valence-electron chi connectivity index (χ3n) is 10.0. The molecule has 5 aliphatic carbocycles. The van der Waals surface area contributed by atoms with E-state index in [4.69, 9.17) is 13.7 Å². The molecule has 0 radical (unpaired) electrons. The number of ketones is 2.